The molecular formula is C24H27F3N4O2. The van der Waals surface area contributed by atoms with Gasteiger partial charge in [-0.05, 0) is 60.4 Å². The lowest BCUT2D eigenvalue weighted by molar-refractivity contribution is -0.266. The Hall–Kier alpha value is -3.33. The number of benzene rings is 1. The molecule has 3 aromatic rings. The van der Waals surface area contributed by atoms with Gasteiger partial charge in [0, 0.05) is 41.3 Å². The van der Waals surface area contributed by atoms with Crippen LogP contribution in [-0.2, 0) is 11.8 Å². The van der Waals surface area contributed by atoms with Gasteiger partial charge < -0.3 is 20.9 Å². The number of aliphatic hydroxyl groups is 1. The fourth-order valence-corrected chi connectivity index (χ4v) is 4.13. The van der Waals surface area contributed by atoms with Gasteiger partial charge in [-0.15, -0.1) is 0 Å². The van der Waals surface area contributed by atoms with Crippen LogP contribution in [0.25, 0.3) is 17.2 Å². The van der Waals surface area contributed by atoms with Crippen molar-refractivity contribution < 1.29 is 23.4 Å². The van der Waals surface area contributed by atoms with Gasteiger partial charge >= 0.3 is 6.18 Å². The number of aryl methyl sites for hydroxylation is 1. The topological polar surface area (TPSA) is 108 Å². The number of phenolic OH excluding ortho intramolecular Hbond substituents is 1. The summed E-state index contributed by atoms with van der Waals surface area (Å²) in [6.07, 6.45) is 1.13. The Balaban J connectivity index is 1.98. The summed E-state index contributed by atoms with van der Waals surface area (Å²) in [7, 11) is 0. The van der Waals surface area contributed by atoms with E-state index in [-0.39, 0.29) is 17.0 Å². The maximum atomic E-state index is 14.2. The van der Waals surface area contributed by atoms with Crippen LogP contribution >= 0.6 is 0 Å². The van der Waals surface area contributed by atoms with Crippen molar-refractivity contribution in [3.63, 3.8) is 0 Å². The first-order chi connectivity index (χ1) is 15.4. The molecule has 3 rings (SSSR count). The number of hydrogen-bond donors (Lipinski definition) is 4. The average Bonchev–Trinajstić information content (AvgIpc) is 3.06. The second-order valence-corrected chi connectivity index (χ2v) is 8.86. The van der Waals surface area contributed by atoms with E-state index in [0.717, 1.165) is 0 Å². The van der Waals surface area contributed by atoms with Crippen molar-refractivity contribution in [1.82, 2.24) is 15.0 Å². The third-order valence-electron chi connectivity index (χ3n) is 5.75. The summed E-state index contributed by atoms with van der Waals surface area (Å²) >= 11 is 0. The Labute approximate surface area is 190 Å². The molecule has 1 aromatic carbocycles. The molecule has 0 aliphatic rings. The van der Waals surface area contributed by atoms with Crippen molar-refractivity contribution in [3.8, 4) is 16.9 Å². The number of phenols is 1. The summed E-state index contributed by atoms with van der Waals surface area (Å²) in [4.78, 5) is 10.8. The van der Waals surface area contributed by atoms with Gasteiger partial charge in [0.15, 0.2) is 5.60 Å². The van der Waals surface area contributed by atoms with Gasteiger partial charge in [0.1, 0.15) is 12.1 Å². The highest BCUT2D eigenvalue weighted by molar-refractivity contribution is 5.64. The molecule has 0 bridgehead atoms. The Morgan fingerprint density at radius 3 is 2.36 bits per heavy atom. The Kier molecular flexibility index (Phi) is 6.56. The zero-order chi connectivity index (χ0) is 24.4. The molecule has 0 amide bonds. The largest absolute Gasteiger partial charge is 0.508 e. The number of H-pyrrole nitrogens is 1. The number of nitrogens with two attached hydrogens (primary N) is 1. The second-order valence-electron chi connectivity index (χ2n) is 8.86. The molecule has 2 heterocycles. The van der Waals surface area contributed by atoms with E-state index < -0.39 is 30.0 Å². The maximum absolute atomic E-state index is 14.2. The lowest BCUT2D eigenvalue weighted by Gasteiger charge is -2.38. The highest BCUT2D eigenvalue weighted by Crippen LogP contribution is 2.45. The predicted molar refractivity (Wildman–Crippen MR) is 120 cm³/mol. The van der Waals surface area contributed by atoms with Gasteiger partial charge in [0.2, 0.25) is 0 Å². The standard InChI is InChI=1S/C24H27F3N4O2/c1-15-16(6-7-28)8-19(31-15)10-23(33,24(25,26)27)13-22(2,3)20-9-17(4-5-21(20)32)18-11-29-14-30-12-18/h4-9,11-12,14,31-33H,10,13,28H2,1-3H3/b7-6-. The van der Waals surface area contributed by atoms with Gasteiger partial charge in [-0.25, -0.2) is 9.97 Å². The first-order valence-corrected chi connectivity index (χ1v) is 10.3. The first-order valence-electron chi connectivity index (χ1n) is 10.3. The molecule has 0 aliphatic heterocycles. The summed E-state index contributed by atoms with van der Waals surface area (Å²) in [6, 6.07) is 6.20. The fourth-order valence-electron chi connectivity index (χ4n) is 4.13. The van der Waals surface area contributed by atoms with Crippen molar-refractivity contribution in [3.05, 3.63) is 71.7 Å². The van der Waals surface area contributed by atoms with Gasteiger partial charge in [-0.1, -0.05) is 19.9 Å². The molecule has 1 atom stereocenters. The van der Waals surface area contributed by atoms with Crippen LogP contribution in [0.15, 0.2) is 49.2 Å². The van der Waals surface area contributed by atoms with Crippen molar-refractivity contribution in [2.45, 2.75) is 50.8 Å². The lowest BCUT2D eigenvalue weighted by Crippen LogP contribution is -2.50. The number of hydrogen-bond acceptors (Lipinski definition) is 5. The average molecular weight is 461 g/mol. The second kappa shape index (κ2) is 8.90. The van der Waals surface area contributed by atoms with Crippen LogP contribution in [0.5, 0.6) is 5.75 Å². The van der Waals surface area contributed by atoms with Crippen LogP contribution in [0.3, 0.4) is 0 Å². The molecule has 0 saturated carbocycles. The highest BCUT2D eigenvalue weighted by atomic mass is 19.4. The number of aromatic nitrogens is 3. The molecule has 0 saturated heterocycles. The predicted octanol–water partition coefficient (Wildman–Crippen LogP) is 4.62. The quantitative estimate of drug-likeness (QED) is 0.412. The fraction of sp³-hybridized carbons (Fsp3) is 0.333. The minimum absolute atomic E-state index is 0.156. The van der Waals surface area contributed by atoms with E-state index >= 15 is 0 Å². The molecular weight excluding hydrogens is 433 g/mol. The number of aromatic amines is 1. The molecule has 0 spiro atoms. The van der Waals surface area contributed by atoms with Gasteiger partial charge in [0.25, 0.3) is 0 Å². The van der Waals surface area contributed by atoms with E-state index in [0.29, 0.717) is 22.4 Å². The summed E-state index contributed by atoms with van der Waals surface area (Å²) < 4.78 is 42.5. The molecule has 0 aliphatic carbocycles. The number of alkyl halides is 3. The highest BCUT2D eigenvalue weighted by Gasteiger charge is 2.56. The Bertz CT molecular complexity index is 1140. The van der Waals surface area contributed by atoms with E-state index in [2.05, 4.69) is 15.0 Å². The van der Waals surface area contributed by atoms with Crippen molar-refractivity contribution >= 4 is 6.08 Å². The van der Waals surface area contributed by atoms with Crippen LogP contribution in [0.4, 0.5) is 13.2 Å². The van der Waals surface area contributed by atoms with E-state index in [1.54, 1.807) is 51.4 Å². The van der Waals surface area contributed by atoms with E-state index in [4.69, 9.17) is 5.73 Å². The van der Waals surface area contributed by atoms with Gasteiger partial charge in [-0.3, -0.25) is 0 Å². The summed E-state index contributed by atoms with van der Waals surface area (Å²) in [6.45, 7) is 4.84. The number of rotatable bonds is 7. The van der Waals surface area contributed by atoms with Crippen LogP contribution in [0.2, 0.25) is 0 Å². The molecule has 2 aromatic heterocycles. The molecule has 6 nitrogen and oxygen atoms in total. The molecule has 0 fully saturated rings. The van der Waals surface area contributed by atoms with Gasteiger partial charge in [-0.2, -0.15) is 13.2 Å². The Morgan fingerprint density at radius 2 is 1.76 bits per heavy atom. The number of aromatic hydroxyl groups is 1. The molecule has 1 unspecified atom stereocenters. The van der Waals surface area contributed by atoms with E-state index in [9.17, 15) is 23.4 Å². The van der Waals surface area contributed by atoms with Crippen molar-refractivity contribution in [2.75, 3.05) is 0 Å². The third kappa shape index (κ3) is 5.19. The molecule has 5 N–H and O–H groups in total. The maximum Gasteiger partial charge on any atom is 0.417 e. The smallest absolute Gasteiger partial charge is 0.417 e. The van der Waals surface area contributed by atoms with Crippen molar-refractivity contribution in [2.24, 2.45) is 5.73 Å². The molecule has 0 radical (unpaired) electrons. The minimum Gasteiger partial charge on any atom is -0.508 e. The number of nitrogens with one attached hydrogen (secondary N) is 1. The Morgan fingerprint density at radius 1 is 1.09 bits per heavy atom. The number of nitrogens with zero attached hydrogens (tertiary/aromatic N) is 2. The van der Waals surface area contributed by atoms with Crippen LogP contribution in [0, 0.1) is 6.92 Å². The van der Waals surface area contributed by atoms with Gasteiger partial charge in [0.05, 0.1) is 0 Å². The van der Waals surface area contributed by atoms with E-state index in [1.807, 2.05) is 0 Å². The van der Waals surface area contributed by atoms with Crippen LogP contribution < -0.4 is 5.73 Å². The summed E-state index contributed by atoms with van der Waals surface area (Å²) in [5.41, 5.74) is 4.22. The monoisotopic (exact) mass is 460 g/mol. The summed E-state index contributed by atoms with van der Waals surface area (Å²) in [5, 5.41) is 21.4. The number of halogens is 3. The minimum atomic E-state index is -4.91. The lowest BCUT2D eigenvalue weighted by atomic mass is 9.72. The van der Waals surface area contributed by atoms with E-state index in [1.165, 1.54) is 24.7 Å². The normalized spacial score (nSPS) is 14.5. The van der Waals surface area contributed by atoms with Crippen molar-refractivity contribution in [1.29, 1.82) is 0 Å². The van der Waals surface area contributed by atoms with Crippen LogP contribution in [0.1, 0.15) is 42.8 Å². The van der Waals surface area contributed by atoms with Crippen LogP contribution in [-0.4, -0.2) is 36.9 Å². The molecule has 33 heavy (non-hydrogen) atoms. The first kappa shape index (κ1) is 24.3. The zero-order valence-electron chi connectivity index (χ0n) is 18.6. The SMILES string of the molecule is Cc1[nH]c(CC(O)(CC(C)(C)c2cc(-c3cncnc3)ccc2O)C(F)(F)F)cc1/C=C\N. The zero-order valence-corrected chi connectivity index (χ0v) is 18.6. The molecule has 176 valence electrons. The third-order valence-corrected chi connectivity index (χ3v) is 5.75. The molecule has 9 heteroatoms. The summed E-state index contributed by atoms with van der Waals surface area (Å²) in [5.74, 6) is -0.156.